The molecule has 0 bridgehead atoms. The van der Waals surface area contributed by atoms with Gasteiger partial charge >= 0.3 is 0 Å². The van der Waals surface area contributed by atoms with E-state index in [4.69, 9.17) is 11.6 Å². The first-order valence-electron chi connectivity index (χ1n) is 6.89. The Bertz CT molecular complexity index is 1090. The van der Waals surface area contributed by atoms with E-state index < -0.39 is 0 Å². The van der Waals surface area contributed by atoms with Gasteiger partial charge in [0.25, 0.3) is 5.56 Å². The summed E-state index contributed by atoms with van der Waals surface area (Å²) in [6.45, 7) is 0. The van der Waals surface area contributed by atoms with Gasteiger partial charge in [0, 0.05) is 5.02 Å². The lowest BCUT2D eigenvalue weighted by Crippen LogP contribution is -2.16. The highest BCUT2D eigenvalue weighted by molar-refractivity contribution is 7.98. The first kappa shape index (κ1) is 14.3. The van der Waals surface area contributed by atoms with Gasteiger partial charge in [0.2, 0.25) is 5.78 Å². The first-order valence-corrected chi connectivity index (χ1v) is 8.50. The molecule has 2 aromatic carbocycles. The second-order valence-corrected chi connectivity index (χ2v) is 6.15. The van der Waals surface area contributed by atoms with Crippen molar-refractivity contribution in [2.45, 2.75) is 5.16 Å². The Morgan fingerprint density at radius 1 is 1.09 bits per heavy atom. The predicted octanol–water partition coefficient (Wildman–Crippen LogP) is 3.41. The van der Waals surface area contributed by atoms with E-state index in [0.717, 1.165) is 5.69 Å². The largest absolute Gasteiger partial charge is 0.283 e. The lowest BCUT2D eigenvalue weighted by Gasteiger charge is -2.06. The lowest BCUT2D eigenvalue weighted by molar-refractivity contribution is 0.842. The Kier molecular flexibility index (Phi) is 3.36. The van der Waals surface area contributed by atoms with E-state index in [1.165, 1.54) is 16.3 Å². The number of rotatable bonds is 2. The average molecular weight is 343 g/mol. The third-order valence-corrected chi connectivity index (χ3v) is 4.46. The molecule has 2 aromatic heterocycles. The van der Waals surface area contributed by atoms with E-state index in [1.807, 2.05) is 41.2 Å². The Balaban J connectivity index is 2.14. The van der Waals surface area contributed by atoms with Crippen LogP contribution in [0.2, 0.25) is 5.02 Å². The van der Waals surface area contributed by atoms with E-state index in [0.29, 0.717) is 26.9 Å². The van der Waals surface area contributed by atoms with Crippen molar-refractivity contribution in [2.24, 2.45) is 0 Å². The van der Waals surface area contributed by atoms with Crippen molar-refractivity contribution in [1.29, 1.82) is 0 Å². The van der Waals surface area contributed by atoms with E-state index >= 15 is 0 Å². The van der Waals surface area contributed by atoms with Crippen molar-refractivity contribution in [3.05, 3.63) is 63.9 Å². The second-order valence-electron chi connectivity index (χ2n) is 4.94. The van der Waals surface area contributed by atoms with Crippen molar-refractivity contribution in [2.75, 3.05) is 6.26 Å². The minimum absolute atomic E-state index is 0.173. The molecule has 0 atom stereocenters. The standard InChI is InChI=1S/C16H11ClN4OS/c1-23-16-19-21-14(22)12-4-2-3-5-13(12)18-15(21)20(16)11-8-6-10(17)7-9-11/h2-9H,1H3. The number of hydrogen-bond donors (Lipinski definition) is 0. The molecule has 0 aliphatic carbocycles. The molecule has 0 spiro atoms. The molecule has 0 radical (unpaired) electrons. The summed E-state index contributed by atoms with van der Waals surface area (Å²) < 4.78 is 3.21. The number of benzene rings is 2. The van der Waals surface area contributed by atoms with Crippen LogP contribution in [0.4, 0.5) is 0 Å². The van der Waals surface area contributed by atoms with E-state index in [1.54, 1.807) is 18.2 Å². The van der Waals surface area contributed by atoms with Crippen LogP contribution in [-0.2, 0) is 0 Å². The van der Waals surface area contributed by atoms with Gasteiger partial charge in [-0.25, -0.2) is 4.98 Å². The Morgan fingerprint density at radius 3 is 2.57 bits per heavy atom. The van der Waals surface area contributed by atoms with Crippen LogP contribution in [0, 0.1) is 0 Å². The average Bonchev–Trinajstić information content (AvgIpc) is 2.95. The Hall–Kier alpha value is -2.31. The third-order valence-electron chi connectivity index (χ3n) is 3.58. The quantitative estimate of drug-likeness (QED) is 0.524. The molecular formula is C16H11ClN4OS. The number of para-hydroxylation sites is 1. The maximum atomic E-state index is 12.7. The fraction of sp³-hybridized carbons (Fsp3) is 0.0625. The number of fused-ring (bicyclic) bond motifs is 2. The zero-order valence-corrected chi connectivity index (χ0v) is 13.7. The van der Waals surface area contributed by atoms with Crippen molar-refractivity contribution in [3.63, 3.8) is 0 Å². The van der Waals surface area contributed by atoms with Crippen molar-refractivity contribution in [3.8, 4) is 5.69 Å². The molecule has 0 aliphatic rings. The molecule has 0 unspecified atom stereocenters. The van der Waals surface area contributed by atoms with Gasteiger partial charge < -0.3 is 0 Å². The van der Waals surface area contributed by atoms with Gasteiger partial charge in [-0.2, -0.15) is 4.52 Å². The summed E-state index contributed by atoms with van der Waals surface area (Å²) in [5.74, 6) is 0.486. The molecule has 0 amide bonds. The molecule has 4 aromatic rings. The maximum Gasteiger partial charge on any atom is 0.283 e. The lowest BCUT2D eigenvalue weighted by atomic mass is 10.2. The Morgan fingerprint density at radius 2 is 1.83 bits per heavy atom. The zero-order chi connectivity index (χ0) is 16.0. The van der Waals surface area contributed by atoms with Crippen molar-refractivity contribution in [1.82, 2.24) is 19.2 Å². The normalized spacial score (nSPS) is 11.4. The maximum absolute atomic E-state index is 12.7. The highest BCUT2D eigenvalue weighted by Crippen LogP contribution is 2.23. The molecule has 4 rings (SSSR count). The molecule has 0 aliphatic heterocycles. The molecule has 0 fully saturated rings. The molecule has 0 N–H and O–H groups in total. The number of aromatic nitrogens is 4. The molecule has 0 saturated heterocycles. The third kappa shape index (κ3) is 2.22. The summed E-state index contributed by atoms with van der Waals surface area (Å²) in [6, 6.07) is 14.6. The summed E-state index contributed by atoms with van der Waals surface area (Å²) >= 11 is 7.42. The summed E-state index contributed by atoms with van der Waals surface area (Å²) in [4.78, 5) is 17.3. The molecule has 7 heteroatoms. The SMILES string of the molecule is CSc1nn2c(=O)c3ccccc3nc2n1-c1ccc(Cl)cc1. The molecule has 2 heterocycles. The smallest absolute Gasteiger partial charge is 0.267 e. The molecule has 5 nitrogen and oxygen atoms in total. The van der Waals surface area contributed by atoms with E-state index in [9.17, 15) is 4.79 Å². The van der Waals surface area contributed by atoms with Crippen LogP contribution in [0.3, 0.4) is 0 Å². The van der Waals surface area contributed by atoms with Crippen LogP contribution < -0.4 is 5.56 Å². The number of nitrogens with zero attached hydrogens (tertiary/aromatic N) is 4. The van der Waals surface area contributed by atoms with E-state index in [-0.39, 0.29) is 5.56 Å². The predicted molar refractivity (Wildman–Crippen MR) is 92.9 cm³/mol. The Labute approximate surface area is 140 Å². The summed E-state index contributed by atoms with van der Waals surface area (Å²) in [7, 11) is 0. The highest BCUT2D eigenvalue weighted by atomic mass is 35.5. The molecule has 23 heavy (non-hydrogen) atoms. The van der Waals surface area contributed by atoms with E-state index in [2.05, 4.69) is 10.1 Å². The summed E-state index contributed by atoms with van der Waals surface area (Å²) in [6.07, 6.45) is 1.92. The minimum atomic E-state index is -0.173. The van der Waals surface area contributed by atoms with Crippen LogP contribution in [0.1, 0.15) is 0 Å². The van der Waals surface area contributed by atoms with Crippen molar-refractivity contribution >= 4 is 40.0 Å². The van der Waals surface area contributed by atoms with Gasteiger partial charge in [0.1, 0.15) is 0 Å². The molecule has 0 saturated carbocycles. The topological polar surface area (TPSA) is 52.2 Å². The summed E-state index contributed by atoms with van der Waals surface area (Å²) in [5, 5.41) is 6.31. The van der Waals surface area contributed by atoms with Gasteiger partial charge in [-0.05, 0) is 42.7 Å². The fourth-order valence-electron chi connectivity index (χ4n) is 2.51. The highest BCUT2D eigenvalue weighted by Gasteiger charge is 2.16. The van der Waals surface area contributed by atoms with Gasteiger partial charge in [-0.3, -0.25) is 9.36 Å². The minimum Gasteiger partial charge on any atom is -0.267 e. The molecular weight excluding hydrogens is 332 g/mol. The van der Waals surface area contributed by atoms with Crippen LogP contribution in [0.5, 0.6) is 0 Å². The monoisotopic (exact) mass is 342 g/mol. The fourth-order valence-corrected chi connectivity index (χ4v) is 3.17. The van der Waals surface area contributed by atoms with Gasteiger partial charge in [-0.15, -0.1) is 5.10 Å². The van der Waals surface area contributed by atoms with Crippen molar-refractivity contribution < 1.29 is 0 Å². The molecule has 114 valence electrons. The van der Waals surface area contributed by atoms with Crippen LogP contribution in [0.25, 0.3) is 22.4 Å². The van der Waals surface area contributed by atoms with Crippen LogP contribution >= 0.6 is 23.4 Å². The second kappa shape index (κ2) is 5.40. The van der Waals surface area contributed by atoms with Gasteiger partial charge in [0.15, 0.2) is 5.16 Å². The van der Waals surface area contributed by atoms with Gasteiger partial charge in [0.05, 0.1) is 16.6 Å². The van der Waals surface area contributed by atoms with Gasteiger partial charge in [-0.1, -0.05) is 35.5 Å². The summed E-state index contributed by atoms with van der Waals surface area (Å²) in [5.41, 5.74) is 1.34. The number of halogens is 1. The first-order chi connectivity index (χ1) is 11.2. The number of hydrogen-bond acceptors (Lipinski definition) is 4. The van der Waals surface area contributed by atoms with Crippen LogP contribution in [0.15, 0.2) is 58.5 Å². The zero-order valence-electron chi connectivity index (χ0n) is 12.1. The number of thioether (sulfide) groups is 1. The van der Waals surface area contributed by atoms with Crippen LogP contribution in [-0.4, -0.2) is 25.4 Å².